The predicted octanol–water partition coefficient (Wildman–Crippen LogP) is 3.10. The average Bonchev–Trinajstić information content (AvgIpc) is 2.33. The van der Waals surface area contributed by atoms with Gasteiger partial charge >= 0.3 is 0 Å². The van der Waals surface area contributed by atoms with E-state index in [1.54, 1.807) is 0 Å². The summed E-state index contributed by atoms with van der Waals surface area (Å²) in [5.41, 5.74) is 3.41. The fourth-order valence-corrected chi connectivity index (χ4v) is 2.42. The molecule has 3 heteroatoms. The summed E-state index contributed by atoms with van der Waals surface area (Å²) in [6.45, 7) is 6.07. The van der Waals surface area contributed by atoms with E-state index in [-0.39, 0.29) is 0 Å². The number of hydrogen-bond donors (Lipinski definition) is 1. The van der Waals surface area contributed by atoms with Crippen LogP contribution in [0.2, 0.25) is 0 Å². The monoisotopic (exact) mass is 278 g/mol. The lowest BCUT2D eigenvalue weighted by molar-refractivity contribution is 0.367. The quantitative estimate of drug-likeness (QED) is 0.830. The summed E-state index contributed by atoms with van der Waals surface area (Å²) in [5.74, 6) is 1.14. The van der Waals surface area contributed by atoms with Crippen molar-refractivity contribution >= 4 is 0 Å². The van der Waals surface area contributed by atoms with Crippen molar-refractivity contribution in [3.63, 3.8) is 0 Å². The molecule has 114 valence electrons. The Hall–Kier alpha value is -1.06. The van der Waals surface area contributed by atoms with Gasteiger partial charge in [0, 0.05) is 24.2 Å². The maximum Gasteiger partial charge on any atom is 0.124 e. The Kier molecular flexibility index (Phi) is 6.50. The number of rotatable bonds is 7. The van der Waals surface area contributed by atoms with Gasteiger partial charge in [-0.15, -0.1) is 0 Å². The zero-order valence-corrected chi connectivity index (χ0v) is 13.9. The van der Waals surface area contributed by atoms with Crippen molar-refractivity contribution in [2.45, 2.75) is 39.8 Å². The molecule has 0 unspecified atom stereocenters. The SMILES string of the molecule is CC[C@@H](C)Cc1cc(CN(C)C)c(O)c(CN(C)C)c1. The zero-order valence-electron chi connectivity index (χ0n) is 13.9. The molecule has 3 nitrogen and oxygen atoms in total. The largest absolute Gasteiger partial charge is 0.507 e. The molecule has 0 radical (unpaired) electrons. The summed E-state index contributed by atoms with van der Waals surface area (Å²) < 4.78 is 0. The molecule has 0 aromatic heterocycles. The molecule has 0 spiro atoms. The highest BCUT2D eigenvalue weighted by molar-refractivity contribution is 5.44. The zero-order chi connectivity index (χ0) is 15.3. The van der Waals surface area contributed by atoms with Crippen molar-refractivity contribution in [3.05, 3.63) is 28.8 Å². The van der Waals surface area contributed by atoms with Crippen LogP contribution >= 0.6 is 0 Å². The van der Waals surface area contributed by atoms with Crippen LogP contribution in [0.3, 0.4) is 0 Å². The first-order valence-corrected chi connectivity index (χ1v) is 7.46. The molecular formula is C17H30N2O. The van der Waals surface area contributed by atoms with Gasteiger partial charge in [-0.05, 0) is 46.1 Å². The molecule has 0 saturated carbocycles. The van der Waals surface area contributed by atoms with Gasteiger partial charge in [-0.1, -0.05) is 32.4 Å². The maximum absolute atomic E-state index is 10.4. The van der Waals surface area contributed by atoms with E-state index in [0.717, 1.165) is 30.6 Å². The highest BCUT2D eigenvalue weighted by Gasteiger charge is 2.13. The highest BCUT2D eigenvalue weighted by Crippen LogP contribution is 2.28. The second-order valence-corrected chi connectivity index (χ2v) is 6.46. The van der Waals surface area contributed by atoms with E-state index in [4.69, 9.17) is 0 Å². The summed E-state index contributed by atoms with van der Waals surface area (Å²) in [6.07, 6.45) is 2.27. The van der Waals surface area contributed by atoms with Crippen LogP contribution in [0.25, 0.3) is 0 Å². The van der Waals surface area contributed by atoms with Crippen LogP contribution in [0.15, 0.2) is 12.1 Å². The van der Waals surface area contributed by atoms with Crippen LogP contribution in [0.4, 0.5) is 0 Å². The Morgan fingerprint density at radius 3 is 1.80 bits per heavy atom. The summed E-state index contributed by atoms with van der Waals surface area (Å²) in [5, 5.41) is 10.4. The molecule has 0 heterocycles. The van der Waals surface area contributed by atoms with Crippen molar-refractivity contribution in [1.29, 1.82) is 0 Å². The van der Waals surface area contributed by atoms with E-state index in [1.807, 2.05) is 28.2 Å². The van der Waals surface area contributed by atoms with Gasteiger partial charge in [-0.2, -0.15) is 0 Å². The number of phenolic OH excluding ortho intramolecular Hbond substituents is 1. The van der Waals surface area contributed by atoms with Crippen LogP contribution in [0, 0.1) is 5.92 Å². The first kappa shape index (κ1) is 17.0. The third-order valence-electron chi connectivity index (χ3n) is 3.58. The molecule has 0 saturated heterocycles. The summed E-state index contributed by atoms with van der Waals surface area (Å²) >= 11 is 0. The van der Waals surface area contributed by atoms with Gasteiger partial charge in [0.1, 0.15) is 5.75 Å². The predicted molar refractivity (Wildman–Crippen MR) is 86.0 cm³/mol. The topological polar surface area (TPSA) is 26.7 Å². The van der Waals surface area contributed by atoms with Crippen LogP contribution < -0.4 is 0 Å². The Bertz CT molecular complexity index is 396. The van der Waals surface area contributed by atoms with Gasteiger partial charge in [0.25, 0.3) is 0 Å². The minimum atomic E-state index is 0.459. The molecule has 1 rings (SSSR count). The van der Waals surface area contributed by atoms with E-state index in [2.05, 4.69) is 35.8 Å². The smallest absolute Gasteiger partial charge is 0.124 e. The molecule has 0 amide bonds. The number of aromatic hydroxyl groups is 1. The molecule has 1 atom stereocenters. The third-order valence-corrected chi connectivity index (χ3v) is 3.58. The van der Waals surface area contributed by atoms with Gasteiger partial charge in [0.2, 0.25) is 0 Å². The van der Waals surface area contributed by atoms with Crippen LogP contribution in [-0.2, 0) is 19.5 Å². The summed E-state index contributed by atoms with van der Waals surface area (Å²) in [6, 6.07) is 4.33. The van der Waals surface area contributed by atoms with Gasteiger partial charge < -0.3 is 14.9 Å². The molecule has 0 fully saturated rings. The molecule has 1 aromatic rings. The second-order valence-electron chi connectivity index (χ2n) is 6.46. The molecule has 0 aliphatic carbocycles. The van der Waals surface area contributed by atoms with Crippen LogP contribution in [0.1, 0.15) is 37.0 Å². The lowest BCUT2D eigenvalue weighted by Crippen LogP contribution is -2.15. The Labute approximate surface area is 124 Å². The standard InChI is InChI=1S/C17H30N2O/c1-7-13(2)8-14-9-15(11-18(3)4)17(20)16(10-14)12-19(5)6/h9-10,13,20H,7-8,11-12H2,1-6H3/t13-/m1/s1. The molecular weight excluding hydrogens is 248 g/mol. The van der Waals surface area contributed by atoms with Gasteiger partial charge in [0.15, 0.2) is 0 Å². The van der Waals surface area contributed by atoms with Crippen molar-refractivity contribution in [2.24, 2.45) is 5.92 Å². The van der Waals surface area contributed by atoms with Crippen molar-refractivity contribution < 1.29 is 5.11 Å². The Morgan fingerprint density at radius 2 is 1.45 bits per heavy atom. The lowest BCUT2D eigenvalue weighted by Gasteiger charge is -2.19. The van der Waals surface area contributed by atoms with Crippen molar-refractivity contribution in [3.8, 4) is 5.75 Å². The van der Waals surface area contributed by atoms with Crippen molar-refractivity contribution in [2.75, 3.05) is 28.2 Å². The second kappa shape index (κ2) is 7.65. The van der Waals surface area contributed by atoms with E-state index in [9.17, 15) is 5.11 Å². The normalized spacial score (nSPS) is 13.2. The van der Waals surface area contributed by atoms with Crippen LogP contribution in [0.5, 0.6) is 5.75 Å². The molecule has 0 bridgehead atoms. The number of benzene rings is 1. The minimum absolute atomic E-state index is 0.459. The summed E-state index contributed by atoms with van der Waals surface area (Å²) in [7, 11) is 8.14. The molecule has 1 N–H and O–H groups in total. The maximum atomic E-state index is 10.4. The number of nitrogens with zero attached hydrogens (tertiary/aromatic N) is 2. The molecule has 0 aliphatic rings. The fourth-order valence-electron chi connectivity index (χ4n) is 2.42. The average molecular weight is 278 g/mol. The van der Waals surface area contributed by atoms with E-state index in [1.165, 1.54) is 12.0 Å². The van der Waals surface area contributed by atoms with Gasteiger partial charge in [0.05, 0.1) is 0 Å². The molecule has 20 heavy (non-hydrogen) atoms. The Balaban J connectivity index is 3.11. The summed E-state index contributed by atoms with van der Waals surface area (Å²) in [4.78, 5) is 4.20. The first-order valence-electron chi connectivity index (χ1n) is 7.46. The van der Waals surface area contributed by atoms with E-state index in [0.29, 0.717) is 11.7 Å². The van der Waals surface area contributed by atoms with Crippen LogP contribution in [-0.4, -0.2) is 43.1 Å². The minimum Gasteiger partial charge on any atom is -0.507 e. The fraction of sp³-hybridized carbons (Fsp3) is 0.647. The third kappa shape index (κ3) is 5.14. The Morgan fingerprint density at radius 1 is 1.00 bits per heavy atom. The van der Waals surface area contributed by atoms with Gasteiger partial charge in [-0.3, -0.25) is 0 Å². The van der Waals surface area contributed by atoms with Crippen molar-refractivity contribution in [1.82, 2.24) is 9.80 Å². The number of phenols is 1. The lowest BCUT2D eigenvalue weighted by atomic mass is 9.94. The van der Waals surface area contributed by atoms with E-state index < -0.39 is 0 Å². The highest BCUT2D eigenvalue weighted by atomic mass is 16.3. The van der Waals surface area contributed by atoms with Gasteiger partial charge in [-0.25, -0.2) is 0 Å². The first-order chi connectivity index (χ1) is 9.33. The molecule has 1 aromatic carbocycles. The van der Waals surface area contributed by atoms with E-state index >= 15 is 0 Å². The number of hydrogen-bond acceptors (Lipinski definition) is 3. The molecule has 0 aliphatic heterocycles.